The van der Waals surface area contributed by atoms with Crippen molar-refractivity contribution < 1.29 is 31.6 Å². The van der Waals surface area contributed by atoms with E-state index in [9.17, 15) is 17.6 Å². The van der Waals surface area contributed by atoms with Crippen LogP contribution in [0.15, 0.2) is 53.1 Å². The monoisotopic (exact) mass is 472 g/mol. The molecule has 2 aromatic carbocycles. The number of fused-ring (bicyclic) bond motifs is 1. The van der Waals surface area contributed by atoms with Gasteiger partial charge in [-0.2, -0.15) is 0 Å². The van der Waals surface area contributed by atoms with Crippen LogP contribution in [0.3, 0.4) is 0 Å². The van der Waals surface area contributed by atoms with Crippen molar-refractivity contribution in [2.24, 2.45) is 0 Å². The number of benzene rings is 2. The normalized spacial score (nSPS) is 18.8. The van der Waals surface area contributed by atoms with Gasteiger partial charge in [0.15, 0.2) is 32.8 Å². The lowest BCUT2D eigenvalue weighted by Crippen LogP contribution is -2.40. The summed E-state index contributed by atoms with van der Waals surface area (Å²) < 4.78 is 54.4. The molecule has 1 saturated heterocycles. The number of nitrogens with zero attached hydrogens (tertiary/aromatic N) is 2. The summed E-state index contributed by atoms with van der Waals surface area (Å²) in [5.41, 5.74) is 1.26. The number of carbonyl (C=O) groups excluding carboxylic acids is 1. The Kier molecular flexibility index (Phi) is 5.53. The van der Waals surface area contributed by atoms with Crippen LogP contribution >= 0.6 is 0 Å². The van der Waals surface area contributed by atoms with Crippen molar-refractivity contribution in [3.05, 3.63) is 65.6 Å². The SMILES string of the molecule is O=C(c1cc(-c2ccc3c(c2)OCCO3)on1)N(Cc1cccc(F)c1)[C@@H]1CCS(=O)(=O)C1. The van der Waals surface area contributed by atoms with Crippen molar-refractivity contribution in [1.29, 1.82) is 0 Å². The van der Waals surface area contributed by atoms with E-state index in [1.807, 2.05) is 0 Å². The van der Waals surface area contributed by atoms with Gasteiger partial charge in [0.1, 0.15) is 19.0 Å². The zero-order chi connectivity index (χ0) is 23.0. The Hall–Kier alpha value is -3.40. The first-order chi connectivity index (χ1) is 15.9. The highest BCUT2D eigenvalue weighted by molar-refractivity contribution is 7.91. The van der Waals surface area contributed by atoms with Crippen LogP contribution in [0.2, 0.25) is 0 Å². The number of sulfone groups is 1. The lowest BCUT2D eigenvalue weighted by molar-refractivity contribution is 0.0670. The molecule has 33 heavy (non-hydrogen) atoms. The fourth-order valence-corrected chi connectivity index (χ4v) is 5.81. The summed E-state index contributed by atoms with van der Waals surface area (Å²) in [5.74, 6) is 0.527. The van der Waals surface area contributed by atoms with Gasteiger partial charge in [-0.15, -0.1) is 0 Å². The summed E-state index contributed by atoms with van der Waals surface area (Å²) in [4.78, 5) is 14.8. The van der Waals surface area contributed by atoms with Crippen molar-refractivity contribution in [3.63, 3.8) is 0 Å². The predicted octanol–water partition coefficient (Wildman–Crippen LogP) is 3.08. The van der Waals surface area contributed by atoms with E-state index in [-0.39, 0.29) is 23.7 Å². The second-order valence-electron chi connectivity index (χ2n) is 8.05. The van der Waals surface area contributed by atoms with Crippen molar-refractivity contribution in [2.45, 2.75) is 19.0 Å². The summed E-state index contributed by atoms with van der Waals surface area (Å²) in [6.45, 7) is 0.976. The molecule has 5 rings (SSSR count). The molecule has 0 radical (unpaired) electrons. The Balaban J connectivity index is 1.43. The van der Waals surface area contributed by atoms with Gasteiger partial charge in [0.05, 0.1) is 11.5 Å². The van der Waals surface area contributed by atoms with Crippen molar-refractivity contribution in [1.82, 2.24) is 10.1 Å². The average Bonchev–Trinajstić information content (AvgIpc) is 3.43. The highest BCUT2D eigenvalue weighted by Gasteiger charge is 2.36. The van der Waals surface area contributed by atoms with Crippen molar-refractivity contribution >= 4 is 15.7 Å². The average molecular weight is 472 g/mol. The molecular weight excluding hydrogens is 451 g/mol. The van der Waals surface area contributed by atoms with Gasteiger partial charge in [-0.05, 0) is 42.3 Å². The Bertz CT molecular complexity index is 1310. The van der Waals surface area contributed by atoms with E-state index < -0.39 is 27.6 Å². The van der Waals surface area contributed by atoms with Crippen molar-refractivity contribution in [2.75, 3.05) is 24.7 Å². The molecule has 1 fully saturated rings. The third kappa shape index (κ3) is 4.56. The topological polar surface area (TPSA) is 98.9 Å². The molecule has 8 nitrogen and oxygen atoms in total. The summed E-state index contributed by atoms with van der Waals surface area (Å²) in [6, 6.07) is 12.1. The second kappa shape index (κ2) is 8.51. The van der Waals surface area contributed by atoms with Crippen LogP contribution in [-0.2, 0) is 16.4 Å². The van der Waals surface area contributed by atoms with E-state index >= 15 is 0 Å². The molecule has 2 aliphatic heterocycles. The molecule has 1 atom stereocenters. The number of amides is 1. The predicted molar refractivity (Wildman–Crippen MR) is 116 cm³/mol. The standard InChI is InChI=1S/C23H21FN2O6S/c24-17-3-1-2-15(10-17)13-26(18-6-9-33(28,29)14-18)23(27)19-12-21(32-25-19)16-4-5-20-22(11-16)31-8-7-30-20/h1-5,10-12,18H,6-9,13-14H2/t18-/m1/s1. The lowest BCUT2D eigenvalue weighted by atomic mass is 10.1. The number of hydrogen-bond acceptors (Lipinski definition) is 7. The third-order valence-corrected chi connectivity index (χ3v) is 7.46. The zero-order valence-electron chi connectivity index (χ0n) is 17.6. The first-order valence-corrected chi connectivity index (χ1v) is 12.3. The minimum Gasteiger partial charge on any atom is -0.486 e. The number of aromatic nitrogens is 1. The summed E-state index contributed by atoms with van der Waals surface area (Å²) >= 11 is 0. The van der Waals surface area contributed by atoms with E-state index in [0.29, 0.717) is 48.0 Å². The van der Waals surface area contributed by atoms with Crippen LogP contribution < -0.4 is 9.47 Å². The van der Waals surface area contributed by atoms with Gasteiger partial charge < -0.3 is 18.9 Å². The van der Waals surface area contributed by atoms with Crippen molar-refractivity contribution in [3.8, 4) is 22.8 Å². The molecule has 1 amide bonds. The fraction of sp³-hybridized carbons (Fsp3) is 0.304. The smallest absolute Gasteiger partial charge is 0.276 e. The van der Waals surface area contributed by atoms with Crippen LogP contribution in [0.4, 0.5) is 4.39 Å². The molecule has 0 bridgehead atoms. The second-order valence-corrected chi connectivity index (χ2v) is 10.3. The maximum atomic E-state index is 13.7. The number of halogens is 1. The molecular formula is C23H21FN2O6S. The van der Waals surface area contributed by atoms with E-state index in [0.717, 1.165) is 0 Å². The van der Waals surface area contributed by atoms with Crippen LogP contribution in [0.1, 0.15) is 22.5 Å². The van der Waals surface area contributed by atoms with Gasteiger partial charge >= 0.3 is 0 Å². The molecule has 1 aromatic heterocycles. The highest BCUT2D eigenvalue weighted by atomic mass is 32.2. The molecule has 0 unspecified atom stereocenters. The Morgan fingerprint density at radius 3 is 2.67 bits per heavy atom. The van der Waals surface area contributed by atoms with E-state index in [4.69, 9.17) is 14.0 Å². The molecule has 0 spiro atoms. The third-order valence-electron chi connectivity index (χ3n) is 5.71. The lowest BCUT2D eigenvalue weighted by Gasteiger charge is -2.27. The van der Waals surface area contributed by atoms with Gasteiger partial charge in [-0.3, -0.25) is 4.79 Å². The van der Waals surface area contributed by atoms with Crippen LogP contribution in [0.25, 0.3) is 11.3 Å². The van der Waals surface area contributed by atoms with Gasteiger partial charge in [0.2, 0.25) is 0 Å². The van der Waals surface area contributed by atoms with Gasteiger partial charge in [0, 0.05) is 24.2 Å². The Labute approximate surface area is 189 Å². The van der Waals surface area contributed by atoms with E-state index in [2.05, 4.69) is 5.16 Å². The van der Waals surface area contributed by atoms with Crippen LogP contribution in [0, 0.1) is 5.82 Å². The van der Waals surface area contributed by atoms with E-state index in [1.54, 1.807) is 30.3 Å². The quantitative estimate of drug-likeness (QED) is 0.563. The molecule has 2 aliphatic rings. The highest BCUT2D eigenvalue weighted by Crippen LogP contribution is 2.35. The first-order valence-electron chi connectivity index (χ1n) is 10.5. The van der Waals surface area contributed by atoms with E-state index in [1.165, 1.54) is 23.1 Å². The zero-order valence-corrected chi connectivity index (χ0v) is 18.4. The minimum absolute atomic E-state index is 0.00581. The maximum Gasteiger partial charge on any atom is 0.276 e. The first kappa shape index (κ1) is 21.4. The molecule has 0 saturated carbocycles. The number of rotatable bonds is 5. The summed E-state index contributed by atoms with van der Waals surface area (Å²) in [7, 11) is -3.24. The fourth-order valence-electron chi connectivity index (χ4n) is 4.08. The van der Waals surface area contributed by atoms with Gasteiger partial charge in [-0.1, -0.05) is 17.3 Å². The Morgan fingerprint density at radius 2 is 1.91 bits per heavy atom. The molecule has 10 heteroatoms. The van der Waals surface area contributed by atoms with Crippen LogP contribution in [0.5, 0.6) is 11.5 Å². The van der Waals surface area contributed by atoms with Gasteiger partial charge in [-0.25, -0.2) is 12.8 Å². The molecule has 3 heterocycles. The molecule has 0 N–H and O–H groups in total. The minimum atomic E-state index is -3.24. The molecule has 0 aliphatic carbocycles. The molecule has 3 aromatic rings. The Morgan fingerprint density at radius 1 is 1.09 bits per heavy atom. The number of hydrogen-bond donors (Lipinski definition) is 0. The van der Waals surface area contributed by atoms with Crippen LogP contribution in [-0.4, -0.2) is 55.1 Å². The van der Waals surface area contributed by atoms with Gasteiger partial charge in [0.25, 0.3) is 5.91 Å². The summed E-state index contributed by atoms with van der Waals surface area (Å²) in [6.07, 6.45) is 0.316. The summed E-state index contributed by atoms with van der Waals surface area (Å²) in [5, 5.41) is 3.93. The molecule has 172 valence electrons. The number of ether oxygens (including phenoxy) is 2. The maximum absolute atomic E-state index is 13.7. The largest absolute Gasteiger partial charge is 0.486 e. The number of carbonyl (C=O) groups is 1.